The molecule has 0 atom stereocenters. The van der Waals surface area contributed by atoms with Gasteiger partial charge >= 0.3 is 0 Å². The topological polar surface area (TPSA) is 56.7 Å². The van der Waals surface area contributed by atoms with Gasteiger partial charge in [-0.25, -0.2) is 15.0 Å². The van der Waals surface area contributed by atoms with E-state index in [1.807, 2.05) is 78.1 Å². The fourth-order valence-electron chi connectivity index (χ4n) is 8.46. The maximum absolute atomic E-state index is 7.03. The van der Waals surface area contributed by atoms with E-state index in [1.165, 1.54) is 42.1 Å². The van der Waals surface area contributed by atoms with Crippen LogP contribution < -0.4 is 0 Å². The van der Waals surface area contributed by atoms with Gasteiger partial charge in [-0.2, -0.15) is 0 Å². The van der Waals surface area contributed by atoms with E-state index in [0.717, 1.165) is 55.3 Å². The molecule has 4 heterocycles. The first-order chi connectivity index (χ1) is 28.3. The van der Waals surface area contributed by atoms with Crippen molar-refractivity contribution in [3.05, 3.63) is 182 Å². The third-order valence-electron chi connectivity index (χ3n) is 11.1. The van der Waals surface area contributed by atoms with Gasteiger partial charge in [0.15, 0.2) is 23.1 Å². The summed E-state index contributed by atoms with van der Waals surface area (Å²) >= 11 is 1.87. The van der Waals surface area contributed by atoms with Gasteiger partial charge in [-0.1, -0.05) is 146 Å². The molecule has 266 valence electrons. The van der Waals surface area contributed by atoms with Gasteiger partial charge in [0.2, 0.25) is 0 Å². The Labute approximate surface area is 330 Å². The molecule has 0 unspecified atom stereocenters. The second-order valence-corrected chi connectivity index (χ2v) is 15.4. The average molecular weight is 747 g/mol. The number of benzene rings is 8. The zero-order chi connectivity index (χ0) is 37.5. The lowest BCUT2D eigenvalue weighted by Gasteiger charge is -2.09. The fourth-order valence-corrected chi connectivity index (χ4v) is 9.70. The van der Waals surface area contributed by atoms with Crippen LogP contribution in [0.3, 0.4) is 0 Å². The number of hydrogen-bond donors (Lipinski definition) is 0. The Hall–Kier alpha value is -7.41. The molecular formula is C51H30N4OS. The Balaban J connectivity index is 1.06. The minimum absolute atomic E-state index is 0.562. The Kier molecular flexibility index (Phi) is 7.03. The van der Waals surface area contributed by atoms with Gasteiger partial charge in [0.05, 0.1) is 22.3 Å². The van der Waals surface area contributed by atoms with Crippen molar-refractivity contribution in [2.45, 2.75) is 0 Å². The van der Waals surface area contributed by atoms with Crippen LogP contribution >= 0.6 is 11.3 Å². The molecule has 0 aliphatic rings. The van der Waals surface area contributed by atoms with E-state index in [4.69, 9.17) is 19.4 Å². The van der Waals surface area contributed by atoms with Crippen molar-refractivity contribution < 1.29 is 4.42 Å². The van der Waals surface area contributed by atoms with Gasteiger partial charge in [-0.3, -0.25) is 0 Å². The summed E-state index contributed by atoms with van der Waals surface area (Å²) in [5, 5.41) is 7.04. The molecule has 0 aliphatic heterocycles. The number of aromatic nitrogens is 4. The number of furan rings is 1. The van der Waals surface area contributed by atoms with Crippen LogP contribution in [0.4, 0.5) is 0 Å². The van der Waals surface area contributed by atoms with E-state index >= 15 is 0 Å². The molecule has 0 saturated heterocycles. The minimum atomic E-state index is 0.562. The molecular weight excluding hydrogens is 717 g/mol. The van der Waals surface area contributed by atoms with E-state index in [2.05, 4.69) is 120 Å². The van der Waals surface area contributed by atoms with Crippen molar-refractivity contribution in [3.63, 3.8) is 0 Å². The SMILES string of the molecule is c1ccc(-c2nc(-c3ccccc3)nc(-c3cccc4c3oc3c(-n5c6ccccc6c6cc(-c7cccc8c7sc7ccccc78)ccc65)cccc34)n2)cc1. The van der Waals surface area contributed by atoms with Crippen LogP contribution in [0, 0.1) is 0 Å². The van der Waals surface area contributed by atoms with Crippen LogP contribution in [0.1, 0.15) is 0 Å². The largest absolute Gasteiger partial charge is 0.453 e. The quantitative estimate of drug-likeness (QED) is 0.176. The Morgan fingerprint density at radius 3 is 1.74 bits per heavy atom. The Morgan fingerprint density at radius 2 is 0.965 bits per heavy atom. The van der Waals surface area contributed by atoms with Crippen molar-refractivity contribution >= 4 is 75.3 Å². The number of rotatable bonds is 5. The molecule has 8 aromatic carbocycles. The predicted molar refractivity (Wildman–Crippen MR) is 236 cm³/mol. The standard InChI is InChI=1S/C51H30N4OS/c1-3-14-31(15-4-1)49-52-50(32-16-5-2-6-17-32)54-51(53-49)40-24-12-21-37-38-22-13-26-44(47(38)56-46(37)40)55-42-25-9-7-18-35(42)41-30-33(28-29-43(41)55)34-20-11-23-39-36-19-8-10-27-45(36)57-48(34)39/h1-30H. The highest BCUT2D eigenvalue weighted by molar-refractivity contribution is 7.26. The Bertz CT molecular complexity index is 3470. The summed E-state index contributed by atoms with van der Waals surface area (Å²) in [7, 11) is 0. The minimum Gasteiger partial charge on any atom is -0.453 e. The molecule has 5 nitrogen and oxygen atoms in total. The van der Waals surface area contributed by atoms with E-state index in [9.17, 15) is 0 Å². The van der Waals surface area contributed by atoms with Crippen LogP contribution in [0.2, 0.25) is 0 Å². The monoisotopic (exact) mass is 746 g/mol. The first-order valence-corrected chi connectivity index (χ1v) is 19.8. The molecule has 0 amide bonds. The van der Waals surface area contributed by atoms with Gasteiger partial charge in [0, 0.05) is 52.8 Å². The average Bonchev–Trinajstić information content (AvgIpc) is 3.96. The summed E-state index contributed by atoms with van der Waals surface area (Å²) in [5.41, 5.74) is 9.88. The smallest absolute Gasteiger partial charge is 0.167 e. The molecule has 0 radical (unpaired) electrons. The number of thiophene rings is 1. The summed E-state index contributed by atoms with van der Waals surface area (Å²) < 4.78 is 12.0. The first-order valence-electron chi connectivity index (χ1n) is 19.0. The second kappa shape index (κ2) is 12.6. The predicted octanol–water partition coefficient (Wildman–Crippen LogP) is 13.9. The van der Waals surface area contributed by atoms with Gasteiger partial charge in [0.25, 0.3) is 0 Å². The van der Waals surface area contributed by atoms with E-state index in [1.54, 1.807) is 0 Å². The van der Waals surface area contributed by atoms with Crippen LogP contribution in [-0.2, 0) is 0 Å². The normalized spacial score (nSPS) is 11.9. The first kappa shape index (κ1) is 31.9. The van der Waals surface area contributed by atoms with Crippen molar-refractivity contribution in [1.29, 1.82) is 0 Å². The maximum atomic E-state index is 7.03. The van der Waals surface area contributed by atoms with E-state index < -0.39 is 0 Å². The molecule has 4 aromatic heterocycles. The lowest BCUT2D eigenvalue weighted by Crippen LogP contribution is -2.00. The van der Waals surface area contributed by atoms with Crippen molar-refractivity contribution in [2.24, 2.45) is 0 Å². The van der Waals surface area contributed by atoms with Crippen molar-refractivity contribution in [1.82, 2.24) is 19.5 Å². The highest BCUT2D eigenvalue weighted by atomic mass is 32.1. The van der Waals surface area contributed by atoms with Crippen LogP contribution in [0.15, 0.2) is 186 Å². The third-order valence-corrected chi connectivity index (χ3v) is 12.3. The molecule has 0 bridgehead atoms. The van der Waals surface area contributed by atoms with Crippen LogP contribution in [0.25, 0.3) is 115 Å². The second-order valence-electron chi connectivity index (χ2n) is 14.3. The summed E-state index contributed by atoms with van der Waals surface area (Å²) in [6.07, 6.45) is 0. The number of nitrogens with zero attached hydrogens (tertiary/aromatic N) is 4. The van der Waals surface area contributed by atoms with Crippen LogP contribution in [-0.4, -0.2) is 19.5 Å². The third kappa shape index (κ3) is 4.98. The highest BCUT2D eigenvalue weighted by Crippen LogP contribution is 2.44. The molecule has 0 fully saturated rings. The lowest BCUT2D eigenvalue weighted by molar-refractivity contribution is 0.667. The molecule has 0 spiro atoms. The highest BCUT2D eigenvalue weighted by Gasteiger charge is 2.22. The molecule has 12 rings (SSSR count). The number of para-hydroxylation sites is 3. The van der Waals surface area contributed by atoms with Crippen molar-refractivity contribution in [3.8, 4) is 51.0 Å². The fraction of sp³-hybridized carbons (Fsp3) is 0. The lowest BCUT2D eigenvalue weighted by atomic mass is 10.0. The number of fused-ring (bicyclic) bond motifs is 9. The van der Waals surface area contributed by atoms with Crippen LogP contribution in [0.5, 0.6) is 0 Å². The molecule has 0 saturated carbocycles. The molecule has 12 aromatic rings. The maximum Gasteiger partial charge on any atom is 0.167 e. The van der Waals surface area contributed by atoms with E-state index in [-0.39, 0.29) is 0 Å². The van der Waals surface area contributed by atoms with E-state index in [0.29, 0.717) is 17.5 Å². The zero-order valence-electron chi connectivity index (χ0n) is 30.4. The number of hydrogen-bond acceptors (Lipinski definition) is 5. The van der Waals surface area contributed by atoms with Gasteiger partial charge < -0.3 is 8.98 Å². The zero-order valence-corrected chi connectivity index (χ0v) is 31.2. The van der Waals surface area contributed by atoms with Gasteiger partial charge in [0.1, 0.15) is 5.58 Å². The summed E-state index contributed by atoms with van der Waals surface area (Å²) in [4.78, 5) is 15.0. The molecule has 0 aliphatic carbocycles. The van der Waals surface area contributed by atoms with Gasteiger partial charge in [-0.05, 0) is 47.5 Å². The summed E-state index contributed by atoms with van der Waals surface area (Å²) in [6.45, 7) is 0. The summed E-state index contributed by atoms with van der Waals surface area (Å²) in [6, 6.07) is 63.7. The Morgan fingerprint density at radius 1 is 0.386 bits per heavy atom. The van der Waals surface area contributed by atoms with Crippen molar-refractivity contribution in [2.75, 3.05) is 0 Å². The molecule has 6 heteroatoms. The molecule has 0 N–H and O–H groups in total. The summed E-state index contributed by atoms with van der Waals surface area (Å²) in [5.74, 6) is 1.79. The van der Waals surface area contributed by atoms with Gasteiger partial charge in [-0.15, -0.1) is 11.3 Å². The molecule has 57 heavy (non-hydrogen) atoms.